The summed E-state index contributed by atoms with van der Waals surface area (Å²) in [5.41, 5.74) is -0.530. The second-order valence-electron chi connectivity index (χ2n) is 3.66. The molecule has 2 rings (SSSR count). The summed E-state index contributed by atoms with van der Waals surface area (Å²) in [4.78, 5) is 11.2. The minimum atomic E-state index is -0.530. The zero-order chi connectivity index (χ0) is 9.47. The van der Waals surface area contributed by atoms with E-state index in [1.807, 2.05) is 0 Å². The molecule has 2 saturated heterocycles. The highest BCUT2D eigenvalue weighted by atomic mass is 16.6. The lowest BCUT2D eigenvalue weighted by atomic mass is 10.0. The fraction of sp³-hybridized carbons (Fsp3) is 0.889. The Morgan fingerprint density at radius 1 is 1.69 bits per heavy atom. The Morgan fingerprint density at radius 3 is 2.85 bits per heavy atom. The molecule has 0 aliphatic carbocycles. The SMILES string of the molecule is CCCC[C@]1(OC)NC(=O)[C@@H]2O[C@@H]21. The summed E-state index contributed by atoms with van der Waals surface area (Å²) in [6.45, 7) is 2.12. The van der Waals surface area contributed by atoms with E-state index < -0.39 is 5.72 Å². The van der Waals surface area contributed by atoms with Crippen LogP contribution in [0, 0.1) is 0 Å². The van der Waals surface area contributed by atoms with Crippen LogP contribution < -0.4 is 5.32 Å². The lowest BCUT2D eigenvalue weighted by molar-refractivity contribution is -0.133. The van der Waals surface area contributed by atoms with E-state index in [0.717, 1.165) is 19.3 Å². The van der Waals surface area contributed by atoms with E-state index in [-0.39, 0.29) is 18.1 Å². The van der Waals surface area contributed by atoms with Crippen molar-refractivity contribution in [2.45, 2.75) is 44.1 Å². The number of rotatable bonds is 4. The van der Waals surface area contributed by atoms with E-state index in [4.69, 9.17) is 9.47 Å². The second-order valence-corrected chi connectivity index (χ2v) is 3.66. The summed E-state index contributed by atoms with van der Waals surface area (Å²) < 4.78 is 10.6. The van der Waals surface area contributed by atoms with E-state index in [2.05, 4.69) is 12.2 Å². The third-order valence-corrected chi connectivity index (χ3v) is 2.81. The van der Waals surface area contributed by atoms with Crippen LogP contribution in [-0.2, 0) is 14.3 Å². The number of unbranched alkanes of at least 4 members (excludes halogenated alkanes) is 1. The van der Waals surface area contributed by atoms with Crippen LogP contribution in [0.3, 0.4) is 0 Å². The molecule has 0 spiro atoms. The molecular formula is C9H15NO3. The molecule has 1 N–H and O–H groups in total. The van der Waals surface area contributed by atoms with Gasteiger partial charge in [0.15, 0.2) is 11.8 Å². The normalized spacial score (nSPS) is 41.5. The van der Waals surface area contributed by atoms with E-state index >= 15 is 0 Å². The van der Waals surface area contributed by atoms with Crippen LogP contribution in [0.15, 0.2) is 0 Å². The van der Waals surface area contributed by atoms with Crippen LogP contribution in [-0.4, -0.2) is 30.9 Å². The first-order valence-corrected chi connectivity index (χ1v) is 4.76. The fourth-order valence-corrected chi connectivity index (χ4v) is 1.93. The lowest BCUT2D eigenvalue weighted by Gasteiger charge is -2.28. The Bertz CT molecular complexity index is 231. The third kappa shape index (κ3) is 1.25. The van der Waals surface area contributed by atoms with Crippen molar-refractivity contribution in [2.75, 3.05) is 7.11 Å². The predicted molar refractivity (Wildman–Crippen MR) is 46.1 cm³/mol. The van der Waals surface area contributed by atoms with Crippen LogP contribution in [0.4, 0.5) is 0 Å². The van der Waals surface area contributed by atoms with Crippen molar-refractivity contribution in [1.82, 2.24) is 5.32 Å². The number of amides is 1. The molecule has 2 aliphatic heterocycles. The smallest absolute Gasteiger partial charge is 0.254 e. The molecule has 1 amide bonds. The van der Waals surface area contributed by atoms with Crippen molar-refractivity contribution in [1.29, 1.82) is 0 Å². The van der Waals surface area contributed by atoms with Gasteiger partial charge in [0, 0.05) is 7.11 Å². The standard InChI is InChI=1S/C9H15NO3/c1-3-4-5-9(12-2)7-6(13-7)8(11)10-9/h6-7H,3-5H2,1-2H3,(H,10,11)/t6-,7+,9-/m1/s1. The minimum absolute atomic E-state index is 0.0250. The maximum atomic E-state index is 11.2. The molecule has 0 bridgehead atoms. The summed E-state index contributed by atoms with van der Waals surface area (Å²) >= 11 is 0. The number of carbonyl (C=O) groups is 1. The summed E-state index contributed by atoms with van der Waals surface area (Å²) in [7, 11) is 1.62. The first kappa shape index (κ1) is 8.97. The Labute approximate surface area is 77.6 Å². The number of carbonyl (C=O) groups excluding carboxylic acids is 1. The molecule has 2 fully saturated rings. The number of morpholine rings is 1. The topological polar surface area (TPSA) is 50.9 Å². The van der Waals surface area contributed by atoms with Gasteiger partial charge in [0.2, 0.25) is 0 Å². The number of ether oxygens (including phenoxy) is 2. The van der Waals surface area contributed by atoms with Crippen molar-refractivity contribution in [2.24, 2.45) is 0 Å². The van der Waals surface area contributed by atoms with Gasteiger partial charge in [-0.05, 0) is 12.8 Å². The van der Waals surface area contributed by atoms with Gasteiger partial charge in [0.1, 0.15) is 6.10 Å². The average molecular weight is 185 g/mol. The zero-order valence-electron chi connectivity index (χ0n) is 8.00. The Balaban J connectivity index is 2.03. The summed E-state index contributed by atoms with van der Waals surface area (Å²) in [5, 5.41) is 2.87. The Morgan fingerprint density at radius 2 is 2.46 bits per heavy atom. The lowest BCUT2D eigenvalue weighted by Crippen LogP contribution is -2.49. The van der Waals surface area contributed by atoms with Gasteiger partial charge in [-0.15, -0.1) is 0 Å². The molecule has 4 nitrogen and oxygen atoms in total. The summed E-state index contributed by atoms with van der Waals surface area (Å²) in [6, 6.07) is 0. The van der Waals surface area contributed by atoms with Crippen LogP contribution in [0.1, 0.15) is 26.2 Å². The molecule has 0 saturated carbocycles. The number of fused-ring (bicyclic) bond motifs is 1. The molecule has 74 valence electrons. The average Bonchev–Trinajstić information content (AvgIpc) is 2.88. The molecule has 0 unspecified atom stereocenters. The Kier molecular flexibility index (Phi) is 2.04. The van der Waals surface area contributed by atoms with Gasteiger partial charge in [-0.2, -0.15) is 0 Å². The van der Waals surface area contributed by atoms with Crippen LogP contribution in [0.25, 0.3) is 0 Å². The minimum Gasteiger partial charge on any atom is -0.356 e. The van der Waals surface area contributed by atoms with E-state index in [1.165, 1.54) is 0 Å². The van der Waals surface area contributed by atoms with Crippen molar-refractivity contribution >= 4 is 5.91 Å². The molecule has 0 aromatic carbocycles. The van der Waals surface area contributed by atoms with E-state index in [0.29, 0.717) is 0 Å². The third-order valence-electron chi connectivity index (χ3n) is 2.81. The van der Waals surface area contributed by atoms with Gasteiger partial charge in [0.05, 0.1) is 0 Å². The Hall–Kier alpha value is -0.610. The second kappa shape index (κ2) is 2.96. The van der Waals surface area contributed by atoms with Crippen LogP contribution >= 0.6 is 0 Å². The van der Waals surface area contributed by atoms with Gasteiger partial charge in [-0.1, -0.05) is 13.3 Å². The highest BCUT2D eigenvalue weighted by Crippen LogP contribution is 2.41. The van der Waals surface area contributed by atoms with Gasteiger partial charge in [-0.25, -0.2) is 0 Å². The number of methoxy groups -OCH3 is 1. The molecule has 13 heavy (non-hydrogen) atoms. The predicted octanol–water partition coefficient (Wildman–Crippen LogP) is 0.416. The molecule has 0 aromatic rings. The number of nitrogens with one attached hydrogen (secondary N) is 1. The molecule has 4 heteroatoms. The zero-order valence-corrected chi connectivity index (χ0v) is 8.00. The van der Waals surface area contributed by atoms with Crippen molar-refractivity contribution in [3.05, 3.63) is 0 Å². The largest absolute Gasteiger partial charge is 0.356 e. The molecule has 2 heterocycles. The van der Waals surface area contributed by atoms with Crippen LogP contribution in [0.2, 0.25) is 0 Å². The summed E-state index contributed by atoms with van der Waals surface area (Å²) in [5.74, 6) is -0.0250. The highest BCUT2D eigenvalue weighted by Gasteiger charge is 2.65. The maximum Gasteiger partial charge on any atom is 0.254 e. The van der Waals surface area contributed by atoms with Crippen molar-refractivity contribution < 1.29 is 14.3 Å². The maximum absolute atomic E-state index is 11.2. The first-order chi connectivity index (χ1) is 6.23. The number of epoxide rings is 1. The molecule has 0 aromatic heterocycles. The molecule has 0 radical (unpaired) electrons. The highest BCUT2D eigenvalue weighted by molar-refractivity contribution is 5.88. The monoisotopic (exact) mass is 185 g/mol. The van der Waals surface area contributed by atoms with Crippen LogP contribution in [0.5, 0.6) is 0 Å². The molecule has 3 atom stereocenters. The molecular weight excluding hydrogens is 170 g/mol. The van der Waals surface area contributed by atoms with Gasteiger partial charge >= 0.3 is 0 Å². The molecule has 2 aliphatic rings. The summed E-state index contributed by atoms with van der Waals surface area (Å²) in [6.07, 6.45) is 2.69. The number of hydrogen-bond acceptors (Lipinski definition) is 3. The first-order valence-electron chi connectivity index (χ1n) is 4.76. The fourth-order valence-electron chi connectivity index (χ4n) is 1.93. The van der Waals surface area contributed by atoms with Crippen molar-refractivity contribution in [3.63, 3.8) is 0 Å². The van der Waals surface area contributed by atoms with Gasteiger partial charge in [0.25, 0.3) is 5.91 Å². The van der Waals surface area contributed by atoms with Gasteiger partial charge in [-0.3, -0.25) is 4.79 Å². The van der Waals surface area contributed by atoms with E-state index in [9.17, 15) is 4.79 Å². The quantitative estimate of drug-likeness (QED) is 0.646. The number of hydrogen-bond donors (Lipinski definition) is 1. The van der Waals surface area contributed by atoms with E-state index in [1.54, 1.807) is 7.11 Å². The van der Waals surface area contributed by atoms with Crippen molar-refractivity contribution in [3.8, 4) is 0 Å². The van der Waals surface area contributed by atoms with Gasteiger partial charge < -0.3 is 14.8 Å².